The van der Waals surface area contributed by atoms with Gasteiger partial charge in [0.2, 0.25) is 5.91 Å². The highest BCUT2D eigenvalue weighted by molar-refractivity contribution is 5.94. The average molecular weight is 428 g/mol. The van der Waals surface area contributed by atoms with Gasteiger partial charge in [0.05, 0.1) is 11.0 Å². The highest BCUT2D eigenvalue weighted by Gasteiger charge is 2.43. The van der Waals surface area contributed by atoms with E-state index in [1.807, 2.05) is 30.0 Å². The minimum Gasteiger partial charge on any atom is -0.356 e. The molecule has 1 aliphatic rings. The topological polar surface area (TPSA) is 62.3 Å². The highest BCUT2D eigenvalue weighted by atomic mass is 16.2. The largest absolute Gasteiger partial charge is 0.356 e. The molecular weight excluding hydrogens is 398 g/mol. The summed E-state index contributed by atoms with van der Waals surface area (Å²) in [5.74, 6) is -0.0401. The number of piperidine rings is 1. The molecule has 1 aromatic heterocycles. The normalized spacial score (nSPS) is 18.2. The van der Waals surface area contributed by atoms with Crippen molar-refractivity contribution in [3.05, 3.63) is 90.3 Å². The molecule has 0 spiro atoms. The lowest BCUT2D eigenvalue weighted by Gasteiger charge is -2.42. The van der Waals surface area contributed by atoms with Crippen molar-refractivity contribution in [3.8, 4) is 11.1 Å². The first-order valence-corrected chi connectivity index (χ1v) is 11.2. The van der Waals surface area contributed by atoms with E-state index in [-0.39, 0.29) is 11.8 Å². The van der Waals surface area contributed by atoms with E-state index in [0.29, 0.717) is 31.6 Å². The Morgan fingerprint density at radius 3 is 2.44 bits per heavy atom. The van der Waals surface area contributed by atoms with Gasteiger partial charge in [0.25, 0.3) is 5.91 Å². The van der Waals surface area contributed by atoms with Crippen LogP contribution in [0.5, 0.6) is 0 Å². The van der Waals surface area contributed by atoms with Crippen LogP contribution in [0.2, 0.25) is 0 Å². The SMILES string of the molecule is CCNC(=O)[C@]1(Cc2ccc(-c3ccccc3)cc2)CCCN(C(=O)c2cccnc2)C1. The molecule has 4 rings (SSSR count). The number of hydrogen-bond acceptors (Lipinski definition) is 3. The van der Waals surface area contributed by atoms with Gasteiger partial charge in [-0.3, -0.25) is 14.6 Å². The van der Waals surface area contributed by atoms with Gasteiger partial charge >= 0.3 is 0 Å². The predicted octanol–water partition coefficient (Wildman–Crippen LogP) is 4.35. The van der Waals surface area contributed by atoms with Crippen LogP contribution in [0.15, 0.2) is 79.1 Å². The molecule has 1 aliphatic heterocycles. The van der Waals surface area contributed by atoms with Crippen molar-refractivity contribution in [1.29, 1.82) is 0 Å². The number of carbonyl (C=O) groups is 2. The highest BCUT2D eigenvalue weighted by Crippen LogP contribution is 2.35. The molecule has 0 unspecified atom stereocenters. The van der Waals surface area contributed by atoms with E-state index >= 15 is 0 Å². The van der Waals surface area contributed by atoms with Gasteiger partial charge in [-0.05, 0) is 55.0 Å². The summed E-state index contributed by atoms with van der Waals surface area (Å²) in [4.78, 5) is 32.2. The van der Waals surface area contributed by atoms with Crippen molar-refractivity contribution in [2.24, 2.45) is 5.41 Å². The first kappa shape index (κ1) is 21.8. The molecule has 1 saturated heterocycles. The summed E-state index contributed by atoms with van der Waals surface area (Å²) in [7, 11) is 0. The molecule has 2 aromatic carbocycles. The zero-order valence-corrected chi connectivity index (χ0v) is 18.5. The van der Waals surface area contributed by atoms with Crippen LogP contribution in [0.3, 0.4) is 0 Å². The third kappa shape index (κ3) is 4.72. The van der Waals surface area contributed by atoms with Crippen molar-refractivity contribution in [1.82, 2.24) is 15.2 Å². The third-order valence-corrected chi connectivity index (χ3v) is 6.20. The van der Waals surface area contributed by atoms with Crippen LogP contribution < -0.4 is 5.32 Å². The van der Waals surface area contributed by atoms with E-state index in [1.54, 1.807) is 24.5 Å². The number of aromatic nitrogens is 1. The Morgan fingerprint density at radius 2 is 1.75 bits per heavy atom. The molecule has 2 amide bonds. The average Bonchev–Trinajstić information content (AvgIpc) is 2.85. The molecule has 1 atom stereocenters. The van der Waals surface area contributed by atoms with Crippen LogP contribution in [0.1, 0.15) is 35.7 Å². The number of benzene rings is 2. The predicted molar refractivity (Wildman–Crippen MR) is 126 cm³/mol. The lowest BCUT2D eigenvalue weighted by atomic mass is 9.74. The smallest absolute Gasteiger partial charge is 0.255 e. The molecule has 0 saturated carbocycles. The zero-order valence-electron chi connectivity index (χ0n) is 18.5. The second-order valence-corrected chi connectivity index (χ2v) is 8.45. The fourth-order valence-electron chi connectivity index (χ4n) is 4.57. The third-order valence-electron chi connectivity index (χ3n) is 6.20. The fraction of sp³-hybridized carbons (Fsp3) is 0.296. The van der Waals surface area contributed by atoms with E-state index in [9.17, 15) is 9.59 Å². The first-order valence-electron chi connectivity index (χ1n) is 11.2. The number of pyridine rings is 1. The van der Waals surface area contributed by atoms with Gasteiger partial charge in [-0.2, -0.15) is 0 Å². The summed E-state index contributed by atoms with van der Waals surface area (Å²) in [5, 5.41) is 3.02. The summed E-state index contributed by atoms with van der Waals surface area (Å²) >= 11 is 0. The maximum Gasteiger partial charge on any atom is 0.255 e. The summed E-state index contributed by atoms with van der Waals surface area (Å²) in [6.45, 7) is 3.57. The van der Waals surface area contributed by atoms with Gasteiger partial charge in [0.15, 0.2) is 0 Å². The van der Waals surface area contributed by atoms with E-state index in [1.165, 1.54) is 5.56 Å². The number of hydrogen-bond donors (Lipinski definition) is 1. The molecule has 1 fully saturated rings. The molecular formula is C27H29N3O2. The molecule has 0 radical (unpaired) electrons. The molecule has 0 aliphatic carbocycles. The summed E-state index contributed by atoms with van der Waals surface area (Å²) in [6.07, 6.45) is 5.41. The first-order chi connectivity index (χ1) is 15.6. The summed E-state index contributed by atoms with van der Waals surface area (Å²) in [5.41, 5.74) is 3.35. The Morgan fingerprint density at radius 1 is 1.00 bits per heavy atom. The lowest BCUT2D eigenvalue weighted by molar-refractivity contribution is -0.133. The van der Waals surface area contributed by atoms with Crippen molar-refractivity contribution in [2.45, 2.75) is 26.2 Å². The van der Waals surface area contributed by atoms with Crippen LogP contribution in [-0.4, -0.2) is 41.3 Å². The monoisotopic (exact) mass is 427 g/mol. The fourth-order valence-corrected chi connectivity index (χ4v) is 4.57. The summed E-state index contributed by atoms with van der Waals surface area (Å²) in [6, 6.07) is 22.2. The van der Waals surface area contributed by atoms with Crippen LogP contribution in [-0.2, 0) is 11.2 Å². The van der Waals surface area contributed by atoms with Crippen molar-refractivity contribution >= 4 is 11.8 Å². The van der Waals surface area contributed by atoms with Crippen molar-refractivity contribution in [2.75, 3.05) is 19.6 Å². The van der Waals surface area contributed by atoms with Crippen LogP contribution in [0.4, 0.5) is 0 Å². The summed E-state index contributed by atoms with van der Waals surface area (Å²) < 4.78 is 0. The van der Waals surface area contributed by atoms with Crippen LogP contribution in [0.25, 0.3) is 11.1 Å². The van der Waals surface area contributed by atoms with Gasteiger partial charge in [-0.15, -0.1) is 0 Å². The molecule has 5 nitrogen and oxygen atoms in total. The molecule has 1 N–H and O–H groups in total. The molecule has 32 heavy (non-hydrogen) atoms. The number of nitrogens with zero attached hydrogens (tertiary/aromatic N) is 2. The minimum atomic E-state index is -0.638. The number of rotatable bonds is 6. The van der Waals surface area contributed by atoms with Gasteiger partial charge in [0, 0.05) is 32.0 Å². The van der Waals surface area contributed by atoms with Crippen LogP contribution in [0, 0.1) is 5.41 Å². The van der Waals surface area contributed by atoms with Crippen LogP contribution >= 0.6 is 0 Å². The van der Waals surface area contributed by atoms with E-state index in [4.69, 9.17) is 0 Å². The number of likely N-dealkylation sites (tertiary alicyclic amines) is 1. The quantitative estimate of drug-likeness (QED) is 0.636. The molecule has 164 valence electrons. The Bertz CT molecular complexity index is 1050. The Balaban J connectivity index is 1.57. The lowest BCUT2D eigenvalue weighted by Crippen LogP contribution is -2.54. The van der Waals surface area contributed by atoms with Crippen molar-refractivity contribution < 1.29 is 9.59 Å². The van der Waals surface area contributed by atoms with E-state index in [2.05, 4.69) is 46.7 Å². The van der Waals surface area contributed by atoms with Gasteiger partial charge in [0.1, 0.15) is 0 Å². The molecule has 3 aromatic rings. The zero-order chi connectivity index (χ0) is 22.4. The maximum absolute atomic E-state index is 13.3. The molecule has 5 heteroatoms. The Labute approximate surface area is 189 Å². The maximum atomic E-state index is 13.3. The second-order valence-electron chi connectivity index (χ2n) is 8.45. The van der Waals surface area contributed by atoms with E-state index < -0.39 is 5.41 Å². The van der Waals surface area contributed by atoms with Crippen molar-refractivity contribution in [3.63, 3.8) is 0 Å². The Hall–Kier alpha value is -3.47. The second kappa shape index (κ2) is 9.77. The van der Waals surface area contributed by atoms with E-state index in [0.717, 1.165) is 24.0 Å². The van der Waals surface area contributed by atoms with Gasteiger partial charge in [-0.25, -0.2) is 0 Å². The van der Waals surface area contributed by atoms with Gasteiger partial charge in [-0.1, -0.05) is 54.6 Å². The molecule has 2 heterocycles. The number of amides is 2. The Kier molecular flexibility index (Phi) is 6.64. The minimum absolute atomic E-state index is 0.0239. The number of nitrogens with one attached hydrogen (secondary N) is 1. The number of carbonyl (C=O) groups excluding carboxylic acids is 2. The van der Waals surface area contributed by atoms with Gasteiger partial charge < -0.3 is 10.2 Å². The molecule has 0 bridgehead atoms. The standard InChI is InChI=1S/C27H29N3O2/c1-2-29-26(32)27(15-7-17-30(20-27)25(31)24-10-6-16-28-19-24)18-21-11-13-23(14-12-21)22-8-4-3-5-9-22/h3-6,8-14,16,19H,2,7,15,17-18,20H2,1H3,(H,29,32)/t27-/m0/s1.